The zero-order valence-corrected chi connectivity index (χ0v) is 21.5. The summed E-state index contributed by atoms with van der Waals surface area (Å²) in [6.45, 7) is 7.69. The summed E-state index contributed by atoms with van der Waals surface area (Å²) in [4.78, 5) is 11.6. The molecule has 0 amide bonds. The van der Waals surface area contributed by atoms with Gasteiger partial charge in [-0.2, -0.15) is 0 Å². The predicted octanol–water partition coefficient (Wildman–Crippen LogP) is 3.44. The van der Waals surface area contributed by atoms with Crippen molar-refractivity contribution in [2.75, 3.05) is 39.9 Å². The number of nitrogens with zero attached hydrogens (tertiary/aromatic N) is 3. The lowest BCUT2D eigenvalue weighted by atomic mass is 10.0. The third kappa shape index (κ3) is 8.91. The zero-order valence-electron chi connectivity index (χ0n) is 19.1. The van der Waals surface area contributed by atoms with Crippen LogP contribution in [0.15, 0.2) is 53.7 Å². The largest absolute Gasteiger partial charge is 0.496 e. The first-order chi connectivity index (χ1) is 15.3. The number of halogens is 1. The second kappa shape index (κ2) is 15.0. The summed E-state index contributed by atoms with van der Waals surface area (Å²) >= 11 is 0. The van der Waals surface area contributed by atoms with Gasteiger partial charge in [0.15, 0.2) is 5.96 Å². The molecule has 2 N–H and O–H groups in total. The van der Waals surface area contributed by atoms with Crippen LogP contribution >= 0.6 is 24.0 Å². The minimum Gasteiger partial charge on any atom is -0.496 e. The van der Waals surface area contributed by atoms with Crippen molar-refractivity contribution in [3.63, 3.8) is 0 Å². The Kier molecular flexibility index (Phi) is 12.4. The van der Waals surface area contributed by atoms with E-state index in [4.69, 9.17) is 9.47 Å². The molecule has 176 valence electrons. The van der Waals surface area contributed by atoms with E-state index in [1.54, 1.807) is 7.11 Å². The fourth-order valence-electron chi connectivity index (χ4n) is 3.70. The lowest BCUT2D eigenvalue weighted by molar-refractivity contribution is 0.126. The molecule has 0 radical (unpaired) electrons. The molecule has 1 aromatic heterocycles. The van der Waals surface area contributed by atoms with E-state index in [9.17, 15) is 0 Å². The SMILES string of the molecule is CCNC(=NCCOCc1ccccc1OC)NC1CCN(Cc2ccccn2)CC1.I. The molecule has 0 aliphatic carbocycles. The third-order valence-electron chi connectivity index (χ3n) is 5.34. The van der Waals surface area contributed by atoms with Gasteiger partial charge in [-0.3, -0.25) is 14.9 Å². The number of hydrogen-bond donors (Lipinski definition) is 2. The highest BCUT2D eigenvalue weighted by molar-refractivity contribution is 14.0. The average molecular weight is 553 g/mol. The van der Waals surface area contributed by atoms with Crippen molar-refractivity contribution < 1.29 is 9.47 Å². The van der Waals surface area contributed by atoms with Crippen LogP contribution in [0, 0.1) is 0 Å². The Morgan fingerprint density at radius 1 is 1.16 bits per heavy atom. The van der Waals surface area contributed by atoms with Crippen molar-refractivity contribution in [1.29, 1.82) is 0 Å². The van der Waals surface area contributed by atoms with Gasteiger partial charge in [0.2, 0.25) is 0 Å². The number of aliphatic imine (C=N–C) groups is 1. The van der Waals surface area contributed by atoms with Gasteiger partial charge >= 0.3 is 0 Å². The molecule has 0 saturated carbocycles. The van der Waals surface area contributed by atoms with E-state index in [-0.39, 0.29) is 24.0 Å². The monoisotopic (exact) mass is 553 g/mol. The van der Waals surface area contributed by atoms with Crippen LogP contribution in [-0.4, -0.2) is 61.8 Å². The number of guanidine groups is 1. The van der Waals surface area contributed by atoms with E-state index < -0.39 is 0 Å². The number of piperidine rings is 1. The molecule has 8 heteroatoms. The van der Waals surface area contributed by atoms with Crippen molar-refractivity contribution in [3.8, 4) is 5.75 Å². The summed E-state index contributed by atoms with van der Waals surface area (Å²) in [7, 11) is 1.68. The number of para-hydroxylation sites is 1. The standard InChI is InChI=1S/C24H35N5O2.HI/c1-3-25-24(27-14-17-31-19-20-8-4-5-10-23(20)30-2)28-21-11-15-29(16-12-21)18-22-9-6-7-13-26-22;/h4-10,13,21H,3,11-12,14-19H2,1-2H3,(H2,25,27,28);1H. The highest BCUT2D eigenvalue weighted by atomic mass is 127. The van der Waals surface area contributed by atoms with Gasteiger partial charge in [-0.15, -0.1) is 24.0 Å². The molecule has 2 aromatic rings. The second-order valence-electron chi connectivity index (χ2n) is 7.64. The van der Waals surface area contributed by atoms with Crippen LogP contribution < -0.4 is 15.4 Å². The fraction of sp³-hybridized carbons (Fsp3) is 0.500. The predicted molar refractivity (Wildman–Crippen MR) is 140 cm³/mol. The molecule has 1 aromatic carbocycles. The highest BCUT2D eigenvalue weighted by Crippen LogP contribution is 2.18. The zero-order chi connectivity index (χ0) is 21.7. The van der Waals surface area contributed by atoms with E-state index >= 15 is 0 Å². The van der Waals surface area contributed by atoms with Crippen molar-refractivity contribution in [2.45, 2.75) is 39.0 Å². The molecule has 0 bridgehead atoms. The maximum absolute atomic E-state index is 5.80. The van der Waals surface area contributed by atoms with Crippen LogP contribution in [0.25, 0.3) is 0 Å². The molecule has 32 heavy (non-hydrogen) atoms. The summed E-state index contributed by atoms with van der Waals surface area (Å²) < 4.78 is 11.2. The number of nitrogens with one attached hydrogen (secondary N) is 2. The smallest absolute Gasteiger partial charge is 0.191 e. The molecule has 1 fully saturated rings. The summed E-state index contributed by atoms with van der Waals surface area (Å²) in [6, 6.07) is 14.5. The number of hydrogen-bond acceptors (Lipinski definition) is 5. The van der Waals surface area contributed by atoms with Gasteiger partial charge in [0.1, 0.15) is 5.75 Å². The summed E-state index contributed by atoms with van der Waals surface area (Å²) in [6.07, 6.45) is 4.06. The minimum absolute atomic E-state index is 0. The number of methoxy groups -OCH3 is 1. The molecule has 3 rings (SSSR count). The first kappa shape index (κ1) is 26.3. The minimum atomic E-state index is 0. The maximum atomic E-state index is 5.80. The quantitative estimate of drug-likeness (QED) is 0.203. The van der Waals surface area contributed by atoms with Crippen molar-refractivity contribution in [3.05, 3.63) is 59.9 Å². The Morgan fingerprint density at radius 2 is 1.94 bits per heavy atom. The van der Waals surface area contributed by atoms with Crippen LogP contribution in [0.1, 0.15) is 31.0 Å². The Labute approximate surface area is 209 Å². The van der Waals surface area contributed by atoms with Crippen LogP contribution in [0.4, 0.5) is 0 Å². The number of benzene rings is 1. The van der Waals surface area contributed by atoms with Crippen molar-refractivity contribution in [2.24, 2.45) is 4.99 Å². The topological polar surface area (TPSA) is 71.0 Å². The molecule has 0 unspecified atom stereocenters. The Balaban J connectivity index is 0.00000363. The molecule has 1 aliphatic heterocycles. The molecule has 0 atom stereocenters. The maximum Gasteiger partial charge on any atom is 0.191 e. The lowest BCUT2D eigenvalue weighted by Gasteiger charge is -2.32. The van der Waals surface area contributed by atoms with E-state index in [1.807, 2.05) is 36.5 Å². The van der Waals surface area contributed by atoms with Crippen LogP contribution in [0.5, 0.6) is 5.75 Å². The van der Waals surface area contributed by atoms with E-state index in [0.29, 0.717) is 25.8 Å². The molecule has 0 spiro atoms. The number of likely N-dealkylation sites (tertiary alicyclic amines) is 1. The molecular formula is C24H36IN5O2. The second-order valence-corrected chi connectivity index (χ2v) is 7.64. The van der Waals surface area contributed by atoms with E-state index in [1.165, 1.54) is 0 Å². The van der Waals surface area contributed by atoms with Gasteiger partial charge in [0.05, 0.1) is 32.6 Å². The van der Waals surface area contributed by atoms with Gasteiger partial charge in [-0.25, -0.2) is 0 Å². The molecule has 7 nitrogen and oxygen atoms in total. The van der Waals surface area contributed by atoms with Crippen LogP contribution in [0.3, 0.4) is 0 Å². The molecule has 1 aliphatic rings. The first-order valence-electron chi connectivity index (χ1n) is 11.1. The summed E-state index contributed by atoms with van der Waals surface area (Å²) in [5, 5.41) is 6.94. The van der Waals surface area contributed by atoms with Gasteiger partial charge in [-0.1, -0.05) is 24.3 Å². The van der Waals surface area contributed by atoms with Crippen LogP contribution in [0.2, 0.25) is 0 Å². The van der Waals surface area contributed by atoms with E-state index in [2.05, 4.69) is 44.6 Å². The summed E-state index contributed by atoms with van der Waals surface area (Å²) in [5.74, 6) is 1.72. The van der Waals surface area contributed by atoms with Gasteiger partial charge in [0, 0.05) is 44.0 Å². The lowest BCUT2D eigenvalue weighted by Crippen LogP contribution is -2.48. The third-order valence-corrected chi connectivity index (χ3v) is 5.34. The highest BCUT2D eigenvalue weighted by Gasteiger charge is 2.20. The Morgan fingerprint density at radius 3 is 2.66 bits per heavy atom. The number of rotatable bonds is 10. The molecular weight excluding hydrogens is 517 g/mol. The first-order valence-corrected chi connectivity index (χ1v) is 11.1. The number of ether oxygens (including phenoxy) is 2. The average Bonchev–Trinajstić information content (AvgIpc) is 2.81. The van der Waals surface area contributed by atoms with Gasteiger partial charge < -0.3 is 20.1 Å². The Hall–Kier alpha value is -1.91. The summed E-state index contributed by atoms with van der Waals surface area (Å²) in [5.41, 5.74) is 2.19. The van der Waals surface area contributed by atoms with E-state index in [0.717, 1.165) is 62.0 Å². The fourth-order valence-corrected chi connectivity index (χ4v) is 3.70. The molecule has 1 saturated heterocycles. The van der Waals surface area contributed by atoms with Crippen LogP contribution in [-0.2, 0) is 17.9 Å². The number of aromatic nitrogens is 1. The Bertz CT molecular complexity index is 798. The molecule has 2 heterocycles. The van der Waals surface area contributed by atoms with Crippen molar-refractivity contribution in [1.82, 2.24) is 20.5 Å². The number of pyridine rings is 1. The van der Waals surface area contributed by atoms with Gasteiger partial charge in [0.25, 0.3) is 0 Å². The van der Waals surface area contributed by atoms with Gasteiger partial charge in [-0.05, 0) is 38.0 Å². The normalized spacial score (nSPS) is 15.1. The van der Waals surface area contributed by atoms with Crippen molar-refractivity contribution >= 4 is 29.9 Å².